The average Bonchev–Trinajstić information content (AvgIpc) is 2.42. The van der Waals surface area contributed by atoms with E-state index in [9.17, 15) is 10.4 Å². The summed E-state index contributed by atoms with van der Waals surface area (Å²) in [5.41, 5.74) is 1.73. The summed E-state index contributed by atoms with van der Waals surface area (Å²) >= 11 is 0. The molecule has 0 bridgehead atoms. The lowest BCUT2D eigenvalue weighted by molar-refractivity contribution is 0.00866. The van der Waals surface area contributed by atoms with Gasteiger partial charge in [0.05, 0.1) is 22.4 Å². The largest absolute Gasteiger partial charge is 0.386 e. The average molecular weight is 253 g/mol. The monoisotopic (exact) mass is 253 g/mol. The van der Waals surface area contributed by atoms with Crippen molar-refractivity contribution in [1.82, 2.24) is 4.98 Å². The number of hydrogen-bond acceptors (Lipinski definition) is 4. The smallest absolute Gasteiger partial charge is 0.103 e. The van der Waals surface area contributed by atoms with Crippen molar-refractivity contribution >= 4 is 16.6 Å². The Morgan fingerprint density at radius 3 is 2.84 bits per heavy atom. The number of rotatable bonds is 2. The highest BCUT2D eigenvalue weighted by molar-refractivity contribution is 5.94. The number of aromatic nitrogens is 1. The van der Waals surface area contributed by atoms with Gasteiger partial charge in [0.15, 0.2) is 0 Å². The number of nitriles is 1. The first-order valence-electron chi connectivity index (χ1n) is 6.42. The Balaban J connectivity index is 2.10. The molecule has 0 saturated carbocycles. The number of fused-ring (bicyclic) bond motifs is 1. The molecule has 1 fully saturated rings. The number of β-amino-alcohol motifs (C(OH)–C–C–N with tert-alkyl or cyclic N) is 1. The highest BCUT2D eigenvalue weighted by Crippen LogP contribution is 2.36. The third kappa shape index (κ3) is 1.83. The summed E-state index contributed by atoms with van der Waals surface area (Å²) in [5.74, 6) is 0. The molecule has 96 valence electrons. The minimum Gasteiger partial charge on any atom is -0.386 e. The molecular formula is C15H15N3O. The number of pyridine rings is 1. The van der Waals surface area contributed by atoms with Gasteiger partial charge in [-0.05, 0) is 12.5 Å². The highest BCUT2D eigenvalue weighted by Gasteiger charge is 2.40. The van der Waals surface area contributed by atoms with Crippen molar-refractivity contribution in [2.75, 3.05) is 18.0 Å². The number of aliphatic hydroxyl groups is 1. The Labute approximate surface area is 111 Å². The van der Waals surface area contributed by atoms with Crippen LogP contribution >= 0.6 is 0 Å². The van der Waals surface area contributed by atoms with Gasteiger partial charge in [0.1, 0.15) is 6.07 Å². The molecule has 0 spiro atoms. The lowest BCUT2D eigenvalue weighted by Crippen LogP contribution is -2.61. The first-order chi connectivity index (χ1) is 9.17. The van der Waals surface area contributed by atoms with Crippen LogP contribution in [0.15, 0.2) is 30.5 Å². The molecule has 0 amide bonds. The first kappa shape index (κ1) is 11.9. The molecule has 2 aromatic rings. The van der Waals surface area contributed by atoms with E-state index in [0.29, 0.717) is 18.7 Å². The van der Waals surface area contributed by atoms with Crippen molar-refractivity contribution in [3.63, 3.8) is 0 Å². The summed E-state index contributed by atoms with van der Waals surface area (Å²) in [5, 5.41) is 20.4. The zero-order chi connectivity index (χ0) is 13.5. The van der Waals surface area contributed by atoms with Crippen molar-refractivity contribution in [3.8, 4) is 6.07 Å². The fraction of sp³-hybridized carbons (Fsp3) is 0.333. The molecule has 1 aliphatic heterocycles. The van der Waals surface area contributed by atoms with Gasteiger partial charge in [0.2, 0.25) is 0 Å². The third-order valence-electron chi connectivity index (χ3n) is 3.81. The van der Waals surface area contributed by atoms with E-state index >= 15 is 0 Å². The summed E-state index contributed by atoms with van der Waals surface area (Å²) in [6, 6.07) is 9.99. The maximum absolute atomic E-state index is 10.1. The van der Waals surface area contributed by atoms with Crippen LogP contribution in [0.25, 0.3) is 10.9 Å². The molecule has 0 atom stereocenters. The zero-order valence-corrected chi connectivity index (χ0v) is 10.8. The van der Waals surface area contributed by atoms with Crippen molar-refractivity contribution in [2.24, 2.45) is 0 Å². The third-order valence-corrected chi connectivity index (χ3v) is 3.81. The van der Waals surface area contributed by atoms with Crippen LogP contribution in [0.5, 0.6) is 0 Å². The van der Waals surface area contributed by atoms with Gasteiger partial charge >= 0.3 is 0 Å². The number of nitrogens with zero attached hydrogens (tertiary/aromatic N) is 3. The second-order valence-electron chi connectivity index (χ2n) is 5.08. The van der Waals surface area contributed by atoms with Gasteiger partial charge in [-0.15, -0.1) is 0 Å². The number of para-hydroxylation sites is 1. The number of benzene rings is 1. The Morgan fingerprint density at radius 1 is 1.42 bits per heavy atom. The molecule has 0 aliphatic carbocycles. The van der Waals surface area contributed by atoms with E-state index in [1.807, 2.05) is 31.2 Å². The normalized spacial score (nSPS) is 17.0. The van der Waals surface area contributed by atoms with Crippen molar-refractivity contribution in [2.45, 2.75) is 18.9 Å². The van der Waals surface area contributed by atoms with Crippen LogP contribution in [-0.4, -0.2) is 28.8 Å². The molecule has 1 saturated heterocycles. The molecule has 0 unspecified atom stereocenters. The summed E-state index contributed by atoms with van der Waals surface area (Å²) in [4.78, 5) is 6.36. The van der Waals surface area contributed by atoms with Gasteiger partial charge in [-0.1, -0.05) is 25.1 Å². The summed E-state index contributed by atoms with van der Waals surface area (Å²) in [6.07, 6.45) is 2.34. The number of hydrogen-bond donors (Lipinski definition) is 1. The minimum absolute atomic E-state index is 0.567. The number of anilines is 1. The Kier molecular flexibility index (Phi) is 2.65. The Bertz CT molecular complexity index is 669. The highest BCUT2D eigenvalue weighted by atomic mass is 16.3. The van der Waals surface area contributed by atoms with Gasteiger partial charge in [0, 0.05) is 24.7 Å². The second-order valence-corrected chi connectivity index (χ2v) is 5.08. The molecule has 1 N–H and O–H groups in total. The maximum atomic E-state index is 10.1. The van der Waals surface area contributed by atoms with E-state index in [1.54, 1.807) is 6.20 Å². The van der Waals surface area contributed by atoms with Crippen LogP contribution in [0.2, 0.25) is 0 Å². The molecule has 0 radical (unpaired) electrons. The quantitative estimate of drug-likeness (QED) is 0.890. The lowest BCUT2D eigenvalue weighted by Gasteiger charge is -2.48. The maximum Gasteiger partial charge on any atom is 0.103 e. The predicted octanol–water partition coefficient (Wildman–Crippen LogP) is 2.07. The molecule has 3 rings (SSSR count). The van der Waals surface area contributed by atoms with Gasteiger partial charge in [-0.25, -0.2) is 0 Å². The molecule has 1 aliphatic rings. The van der Waals surface area contributed by atoms with Crippen LogP contribution in [-0.2, 0) is 0 Å². The van der Waals surface area contributed by atoms with Crippen LogP contribution < -0.4 is 4.90 Å². The van der Waals surface area contributed by atoms with E-state index in [4.69, 9.17) is 0 Å². The van der Waals surface area contributed by atoms with Gasteiger partial charge in [0.25, 0.3) is 0 Å². The van der Waals surface area contributed by atoms with Crippen LogP contribution in [0.3, 0.4) is 0 Å². The fourth-order valence-corrected chi connectivity index (χ4v) is 2.60. The topological polar surface area (TPSA) is 60.1 Å². The Hall–Kier alpha value is -2.12. The molecular weight excluding hydrogens is 238 g/mol. The van der Waals surface area contributed by atoms with E-state index in [1.165, 1.54) is 0 Å². The predicted molar refractivity (Wildman–Crippen MR) is 73.9 cm³/mol. The van der Waals surface area contributed by atoms with Gasteiger partial charge < -0.3 is 10.0 Å². The lowest BCUT2D eigenvalue weighted by atomic mass is 9.89. The van der Waals surface area contributed by atoms with E-state index in [2.05, 4.69) is 16.0 Å². The van der Waals surface area contributed by atoms with Crippen molar-refractivity contribution in [1.29, 1.82) is 5.26 Å². The molecule has 1 aromatic heterocycles. The molecule has 2 heterocycles. The van der Waals surface area contributed by atoms with E-state index in [0.717, 1.165) is 23.0 Å². The summed E-state index contributed by atoms with van der Waals surface area (Å²) < 4.78 is 0. The first-order valence-corrected chi connectivity index (χ1v) is 6.42. The Morgan fingerprint density at radius 2 is 2.16 bits per heavy atom. The fourth-order valence-electron chi connectivity index (χ4n) is 2.60. The van der Waals surface area contributed by atoms with Gasteiger partial charge in [-0.2, -0.15) is 5.26 Å². The summed E-state index contributed by atoms with van der Waals surface area (Å²) in [7, 11) is 0. The van der Waals surface area contributed by atoms with E-state index in [-0.39, 0.29) is 0 Å². The van der Waals surface area contributed by atoms with Crippen LogP contribution in [0.1, 0.15) is 18.9 Å². The van der Waals surface area contributed by atoms with Crippen molar-refractivity contribution < 1.29 is 5.11 Å². The molecule has 19 heavy (non-hydrogen) atoms. The van der Waals surface area contributed by atoms with Crippen LogP contribution in [0, 0.1) is 11.3 Å². The molecule has 1 aromatic carbocycles. The second kappa shape index (κ2) is 4.22. The molecule has 4 heteroatoms. The SMILES string of the molecule is CCC1(O)CN(c2c(C#N)cnc3ccccc23)C1. The standard InChI is InChI=1S/C15H15N3O/c1-2-15(19)9-18(10-15)14-11(7-16)8-17-13-6-4-3-5-12(13)14/h3-6,8,19H,2,9-10H2,1H3. The summed E-state index contributed by atoms with van der Waals surface area (Å²) in [6.45, 7) is 3.13. The van der Waals surface area contributed by atoms with Crippen LogP contribution in [0.4, 0.5) is 5.69 Å². The van der Waals surface area contributed by atoms with E-state index < -0.39 is 5.60 Å². The van der Waals surface area contributed by atoms with Gasteiger partial charge in [-0.3, -0.25) is 4.98 Å². The zero-order valence-electron chi connectivity index (χ0n) is 10.8. The van der Waals surface area contributed by atoms with Crippen molar-refractivity contribution in [3.05, 3.63) is 36.0 Å². The molecule has 4 nitrogen and oxygen atoms in total. The minimum atomic E-state index is -0.614.